The molecule has 4 rings (SSSR count). The van der Waals surface area contributed by atoms with Crippen LogP contribution in [0.4, 0.5) is 5.82 Å². The molecular formula is C15H21N4S+. The Morgan fingerprint density at radius 3 is 2.75 bits per heavy atom. The Morgan fingerprint density at radius 1 is 1.10 bits per heavy atom. The maximum absolute atomic E-state index is 4.81. The number of fused-ring (bicyclic) bond motifs is 3. The van der Waals surface area contributed by atoms with E-state index in [4.69, 9.17) is 9.97 Å². The number of hydrogen-bond donors (Lipinski definition) is 1. The molecule has 1 aliphatic carbocycles. The summed E-state index contributed by atoms with van der Waals surface area (Å²) < 4.78 is 0. The first-order valence-corrected chi connectivity index (χ1v) is 8.50. The maximum atomic E-state index is 4.81. The minimum Gasteiger partial charge on any atom is -0.345 e. The van der Waals surface area contributed by atoms with E-state index in [1.165, 1.54) is 54.8 Å². The van der Waals surface area contributed by atoms with Crippen molar-refractivity contribution in [1.82, 2.24) is 9.97 Å². The van der Waals surface area contributed by atoms with Crippen LogP contribution in [0.5, 0.6) is 0 Å². The van der Waals surface area contributed by atoms with Gasteiger partial charge < -0.3 is 10.2 Å². The van der Waals surface area contributed by atoms with Crippen molar-refractivity contribution in [2.75, 3.05) is 31.1 Å². The molecule has 20 heavy (non-hydrogen) atoms. The van der Waals surface area contributed by atoms with Crippen LogP contribution < -0.4 is 10.2 Å². The fourth-order valence-corrected chi connectivity index (χ4v) is 4.73. The van der Waals surface area contributed by atoms with Gasteiger partial charge in [-0.1, -0.05) is 0 Å². The van der Waals surface area contributed by atoms with Crippen LogP contribution >= 0.6 is 11.3 Å². The number of nitrogens with two attached hydrogens (primary N) is 1. The number of nitrogens with zero attached hydrogens (tertiary/aromatic N) is 3. The van der Waals surface area contributed by atoms with E-state index in [9.17, 15) is 0 Å². The van der Waals surface area contributed by atoms with Crippen LogP contribution in [0.1, 0.15) is 29.1 Å². The molecule has 2 N–H and O–H groups in total. The van der Waals surface area contributed by atoms with E-state index in [0.29, 0.717) is 0 Å². The van der Waals surface area contributed by atoms with E-state index in [-0.39, 0.29) is 0 Å². The molecule has 0 unspecified atom stereocenters. The van der Waals surface area contributed by atoms with Gasteiger partial charge in [0.1, 0.15) is 16.5 Å². The highest BCUT2D eigenvalue weighted by Crippen LogP contribution is 2.39. The van der Waals surface area contributed by atoms with Gasteiger partial charge in [0.15, 0.2) is 0 Å². The number of aryl methyl sites for hydroxylation is 3. The summed E-state index contributed by atoms with van der Waals surface area (Å²) in [5, 5.41) is 3.77. The maximum Gasteiger partial charge on any atom is 0.141 e. The first-order chi connectivity index (χ1) is 9.83. The Balaban J connectivity index is 1.91. The molecule has 2 aromatic rings. The van der Waals surface area contributed by atoms with Crippen LogP contribution in [0.2, 0.25) is 0 Å². The zero-order valence-electron chi connectivity index (χ0n) is 12.0. The van der Waals surface area contributed by atoms with E-state index < -0.39 is 0 Å². The Bertz CT molecular complexity index is 643. The Labute approximate surface area is 123 Å². The van der Waals surface area contributed by atoms with Gasteiger partial charge in [0.25, 0.3) is 0 Å². The lowest BCUT2D eigenvalue weighted by atomic mass is 9.97. The molecule has 1 saturated heterocycles. The lowest BCUT2D eigenvalue weighted by Crippen LogP contribution is -2.89. The average molecular weight is 289 g/mol. The van der Waals surface area contributed by atoms with Crippen LogP contribution in [-0.2, 0) is 12.8 Å². The third-order valence-corrected chi connectivity index (χ3v) is 5.60. The first kappa shape index (κ1) is 12.5. The molecule has 0 atom stereocenters. The van der Waals surface area contributed by atoms with Gasteiger partial charge in [-0.3, -0.25) is 0 Å². The predicted octanol–water partition coefficient (Wildman–Crippen LogP) is 1.26. The molecule has 0 aromatic carbocycles. The monoisotopic (exact) mass is 289 g/mol. The number of hydrogen-bond acceptors (Lipinski definition) is 4. The fourth-order valence-electron chi connectivity index (χ4n) is 3.43. The minimum atomic E-state index is 0.917. The van der Waals surface area contributed by atoms with Gasteiger partial charge >= 0.3 is 0 Å². The quantitative estimate of drug-likeness (QED) is 0.860. The molecule has 0 bridgehead atoms. The van der Waals surface area contributed by atoms with E-state index in [2.05, 4.69) is 10.2 Å². The van der Waals surface area contributed by atoms with E-state index in [0.717, 1.165) is 18.9 Å². The zero-order chi connectivity index (χ0) is 13.5. The third kappa shape index (κ3) is 2.00. The van der Waals surface area contributed by atoms with Crippen molar-refractivity contribution in [3.05, 3.63) is 16.3 Å². The van der Waals surface area contributed by atoms with Crippen LogP contribution in [0.3, 0.4) is 0 Å². The van der Waals surface area contributed by atoms with Gasteiger partial charge in [-0.05, 0) is 38.2 Å². The number of rotatable bonds is 1. The number of thiophene rings is 1. The summed E-state index contributed by atoms with van der Waals surface area (Å²) in [4.78, 5) is 14.8. The molecule has 5 heteroatoms. The van der Waals surface area contributed by atoms with Gasteiger partial charge in [0, 0.05) is 4.88 Å². The van der Waals surface area contributed by atoms with Gasteiger partial charge in [-0.2, -0.15) is 0 Å². The molecule has 2 aliphatic rings. The van der Waals surface area contributed by atoms with Crippen molar-refractivity contribution in [3.8, 4) is 0 Å². The topological polar surface area (TPSA) is 45.6 Å². The SMILES string of the molecule is Cc1nc(N2CC[NH2+]CC2)c2c3c(sc2n1)CCCC3. The number of aromatic nitrogens is 2. The molecule has 1 aliphatic heterocycles. The van der Waals surface area contributed by atoms with Crippen molar-refractivity contribution < 1.29 is 5.32 Å². The van der Waals surface area contributed by atoms with Gasteiger partial charge in [0.05, 0.1) is 31.6 Å². The van der Waals surface area contributed by atoms with Crippen molar-refractivity contribution in [3.63, 3.8) is 0 Å². The first-order valence-electron chi connectivity index (χ1n) is 7.68. The Kier molecular flexibility index (Phi) is 3.11. The van der Waals surface area contributed by atoms with Gasteiger partial charge in [-0.15, -0.1) is 11.3 Å². The smallest absolute Gasteiger partial charge is 0.141 e. The summed E-state index contributed by atoms with van der Waals surface area (Å²) >= 11 is 1.91. The van der Waals surface area contributed by atoms with Crippen LogP contribution in [0, 0.1) is 6.92 Å². The third-order valence-electron chi connectivity index (χ3n) is 4.41. The highest BCUT2D eigenvalue weighted by atomic mass is 32.1. The summed E-state index contributed by atoms with van der Waals surface area (Å²) in [6.07, 6.45) is 5.11. The van der Waals surface area contributed by atoms with E-state index in [1.54, 1.807) is 10.4 Å². The second-order valence-electron chi connectivity index (χ2n) is 5.84. The highest BCUT2D eigenvalue weighted by Gasteiger charge is 2.24. The summed E-state index contributed by atoms with van der Waals surface area (Å²) in [5.74, 6) is 2.13. The molecule has 2 aromatic heterocycles. The molecule has 0 saturated carbocycles. The fraction of sp³-hybridized carbons (Fsp3) is 0.600. The largest absolute Gasteiger partial charge is 0.345 e. The van der Waals surface area contributed by atoms with E-state index in [1.807, 2.05) is 18.3 Å². The molecule has 4 nitrogen and oxygen atoms in total. The van der Waals surface area contributed by atoms with Crippen LogP contribution in [0.25, 0.3) is 10.2 Å². The van der Waals surface area contributed by atoms with Crippen molar-refractivity contribution in [2.45, 2.75) is 32.6 Å². The molecule has 0 amide bonds. The number of quaternary nitrogens is 1. The van der Waals surface area contributed by atoms with Crippen molar-refractivity contribution in [2.24, 2.45) is 0 Å². The molecule has 106 valence electrons. The molecule has 0 radical (unpaired) electrons. The predicted molar refractivity (Wildman–Crippen MR) is 82.7 cm³/mol. The lowest BCUT2D eigenvalue weighted by molar-refractivity contribution is -0.655. The molecule has 3 heterocycles. The second kappa shape index (κ2) is 4.97. The van der Waals surface area contributed by atoms with Crippen molar-refractivity contribution in [1.29, 1.82) is 0 Å². The van der Waals surface area contributed by atoms with Crippen LogP contribution in [0.15, 0.2) is 0 Å². The lowest BCUT2D eigenvalue weighted by Gasteiger charge is -2.27. The summed E-state index contributed by atoms with van der Waals surface area (Å²) in [6.45, 7) is 6.60. The normalized spacial score (nSPS) is 19.4. The number of piperazine rings is 1. The van der Waals surface area contributed by atoms with E-state index >= 15 is 0 Å². The highest BCUT2D eigenvalue weighted by molar-refractivity contribution is 7.19. The van der Waals surface area contributed by atoms with Crippen molar-refractivity contribution >= 4 is 27.4 Å². The molecule has 1 fully saturated rings. The minimum absolute atomic E-state index is 0.917. The van der Waals surface area contributed by atoms with Gasteiger partial charge in [0.2, 0.25) is 0 Å². The molecule has 0 spiro atoms. The average Bonchev–Trinajstić information content (AvgIpc) is 2.85. The molecular weight excluding hydrogens is 268 g/mol. The second-order valence-corrected chi connectivity index (χ2v) is 6.92. The van der Waals surface area contributed by atoms with Crippen LogP contribution in [-0.4, -0.2) is 36.1 Å². The summed E-state index contributed by atoms with van der Waals surface area (Å²) in [7, 11) is 0. The zero-order valence-corrected chi connectivity index (χ0v) is 12.8. The summed E-state index contributed by atoms with van der Waals surface area (Å²) in [6, 6.07) is 0. The number of anilines is 1. The Morgan fingerprint density at radius 2 is 1.90 bits per heavy atom. The summed E-state index contributed by atoms with van der Waals surface area (Å²) in [5.41, 5.74) is 1.56. The standard InChI is InChI=1S/C15H20N4S/c1-10-17-14(19-8-6-16-7-9-19)13-11-4-2-3-5-12(11)20-15(13)18-10/h16H,2-9H2,1H3/p+1. The Hall–Kier alpha value is -1.20. The van der Waals surface area contributed by atoms with Gasteiger partial charge in [-0.25, -0.2) is 9.97 Å².